The third-order valence-electron chi connectivity index (χ3n) is 11.2. The van der Waals surface area contributed by atoms with Crippen molar-refractivity contribution in [2.75, 3.05) is 36.2 Å². The zero-order valence-electron chi connectivity index (χ0n) is 32.8. The quantitative estimate of drug-likeness (QED) is 0.0353. The maximum atomic E-state index is 16.2. The monoisotopic (exact) mass is 810 g/mol. The Hall–Kier alpha value is -2.00. The van der Waals surface area contributed by atoms with Gasteiger partial charge in [-0.15, -0.1) is 0 Å². The first kappa shape index (κ1) is 44.7. The highest BCUT2D eigenvalue weighted by Crippen LogP contribution is 2.41. The van der Waals surface area contributed by atoms with E-state index in [0.717, 1.165) is 82.9 Å². The first-order chi connectivity index (χ1) is 26.1. The number of hydrogen-bond acceptors (Lipinski definition) is 7. The number of esters is 1. The first-order valence-corrected chi connectivity index (χ1v) is 22.6. The van der Waals surface area contributed by atoms with Gasteiger partial charge < -0.3 is 9.47 Å². The van der Waals surface area contributed by atoms with Gasteiger partial charge >= 0.3 is 5.97 Å². The largest absolute Gasteiger partial charge is 0.493 e. The van der Waals surface area contributed by atoms with Crippen molar-refractivity contribution in [1.29, 1.82) is 0 Å². The first-order valence-electron chi connectivity index (χ1n) is 20.1. The topological polar surface area (TPSA) is 35.5 Å². The number of carbonyl (C=O) groups is 1. The number of unbranched alkanes of at least 4 members (excludes halogenated alkanes) is 2. The molecule has 1 aliphatic rings. The molecule has 1 aliphatic carbocycles. The Labute approximate surface area is 347 Å². The molecule has 0 amide bonds. The van der Waals surface area contributed by atoms with Crippen molar-refractivity contribution in [3.05, 3.63) is 88.8 Å². The molecule has 4 rings (SSSR count). The number of ether oxygens (including phenoxy) is 2. The summed E-state index contributed by atoms with van der Waals surface area (Å²) < 4.78 is 28.1. The molecular weight excluding hydrogens is 748 g/mol. The van der Waals surface area contributed by atoms with Gasteiger partial charge in [0.1, 0.15) is 11.6 Å². The van der Waals surface area contributed by atoms with Crippen molar-refractivity contribution in [3.8, 4) is 28.0 Å². The zero-order chi connectivity index (χ0) is 39.1. The smallest absolute Gasteiger partial charge is 0.333 e. The Balaban J connectivity index is 1.66. The van der Waals surface area contributed by atoms with Crippen LogP contribution >= 0.6 is 50.5 Å². The van der Waals surface area contributed by atoms with Gasteiger partial charge in [-0.2, -0.15) is 50.5 Å². The van der Waals surface area contributed by atoms with Crippen LogP contribution < -0.4 is 4.74 Å². The van der Waals surface area contributed by atoms with Crippen LogP contribution in [0.2, 0.25) is 0 Å². The summed E-state index contributed by atoms with van der Waals surface area (Å²) in [5, 5.41) is 0. The summed E-state index contributed by atoms with van der Waals surface area (Å²) in [7, 11) is 0. The van der Waals surface area contributed by atoms with Gasteiger partial charge in [0.05, 0.1) is 13.2 Å². The number of benzene rings is 3. The number of hydrogen-bond donors (Lipinski definition) is 4. The number of thiol groups is 4. The molecule has 0 bridgehead atoms. The number of carbonyl (C=O) groups excluding carboxylic acids is 1. The van der Waals surface area contributed by atoms with Gasteiger partial charge in [0, 0.05) is 33.8 Å². The zero-order valence-corrected chi connectivity index (χ0v) is 36.4. The minimum atomic E-state index is -0.381. The molecule has 1 saturated carbocycles. The summed E-state index contributed by atoms with van der Waals surface area (Å²) in [5.74, 6) is 4.13. The Bertz CT molecular complexity index is 1650. The fourth-order valence-electron chi connectivity index (χ4n) is 7.60. The number of halogens is 1. The molecule has 1 fully saturated rings. The molecule has 3 aromatic carbocycles. The predicted molar refractivity (Wildman–Crippen MR) is 241 cm³/mol. The van der Waals surface area contributed by atoms with Crippen LogP contribution in [0.4, 0.5) is 4.39 Å². The summed E-state index contributed by atoms with van der Waals surface area (Å²) >= 11 is 18.3. The third kappa shape index (κ3) is 12.2. The van der Waals surface area contributed by atoms with Crippen LogP contribution in [-0.4, -0.2) is 42.2 Å². The van der Waals surface area contributed by atoms with E-state index >= 15 is 4.39 Å². The molecule has 0 saturated heterocycles. The maximum Gasteiger partial charge on any atom is 0.333 e. The molecule has 0 heterocycles. The van der Waals surface area contributed by atoms with E-state index in [0.29, 0.717) is 53.8 Å². The second kappa shape index (κ2) is 22.7. The van der Waals surface area contributed by atoms with Gasteiger partial charge in [0.15, 0.2) is 0 Å². The van der Waals surface area contributed by atoms with Crippen LogP contribution in [0.5, 0.6) is 5.75 Å². The van der Waals surface area contributed by atoms with Crippen LogP contribution in [0.25, 0.3) is 22.3 Å². The highest BCUT2D eigenvalue weighted by atomic mass is 32.1. The van der Waals surface area contributed by atoms with Gasteiger partial charge in [0.2, 0.25) is 0 Å². The lowest BCUT2D eigenvalue weighted by molar-refractivity contribution is -0.139. The molecule has 3 aromatic rings. The summed E-state index contributed by atoms with van der Waals surface area (Å²) in [4.78, 5) is 12.0. The minimum absolute atomic E-state index is 0.129. The second-order valence-corrected chi connectivity index (χ2v) is 16.8. The van der Waals surface area contributed by atoms with Crippen molar-refractivity contribution >= 4 is 56.5 Å². The lowest BCUT2D eigenvalue weighted by atomic mass is 9.76. The molecule has 0 unspecified atom stereocenters. The van der Waals surface area contributed by atoms with Gasteiger partial charge in [-0.3, -0.25) is 0 Å². The van der Waals surface area contributed by atoms with Crippen LogP contribution in [0.15, 0.2) is 60.7 Å². The van der Waals surface area contributed by atoms with E-state index < -0.39 is 0 Å². The Kier molecular flexibility index (Phi) is 18.8. The van der Waals surface area contributed by atoms with Crippen molar-refractivity contribution < 1.29 is 18.7 Å². The third-order valence-corrected chi connectivity index (χ3v) is 13.5. The predicted octanol–water partition coefficient (Wildman–Crippen LogP) is 12.6. The fourth-order valence-corrected chi connectivity index (χ4v) is 9.23. The fraction of sp³-hybridized carbons (Fsp3) is 0.543. The van der Waals surface area contributed by atoms with E-state index in [9.17, 15) is 4.79 Å². The standard InChI is InChI=1S/C46H63FO3S4/c1-5-7-8-11-33-14-16-35(17-15-33)36-18-20-40(43(47)27-36)42-26-37(13-10-23-51)41(25-34(42)6-2)38-19-21-44(50-28-46(29-52,30-53)31-54)39(24-38)12-9-22-49-45(48)32(3)4/h18-21,24-27,33,35,51-54H,3,5-17,22-23,28-31H2,1-2,4H3. The molecular formula is C46H63FO3S4. The van der Waals surface area contributed by atoms with Gasteiger partial charge in [-0.25, -0.2) is 9.18 Å². The second-order valence-electron chi connectivity index (χ2n) is 15.4. The van der Waals surface area contributed by atoms with Crippen LogP contribution in [0.1, 0.15) is 113 Å². The van der Waals surface area contributed by atoms with Crippen molar-refractivity contribution in [3.63, 3.8) is 0 Å². The average molecular weight is 811 g/mol. The van der Waals surface area contributed by atoms with E-state index in [1.165, 1.54) is 44.1 Å². The summed E-state index contributed by atoms with van der Waals surface area (Å²) in [6.45, 7) is 10.5. The molecule has 0 radical (unpaired) electrons. The van der Waals surface area contributed by atoms with Crippen molar-refractivity contribution in [1.82, 2.24) is 0 Å². The maximum absolute atomic E-state index is 16.2. The molecule has 8 heteroatoms. The van der Waals surface area contributed by atoms with Crippen LogP contribution in [0.3, 0.4) is 0 Å². The lowest BCUT2D eigenvalue weighted by Gasteiger charge is -2.29. The molecule has 0 aliphatic heterocycles. The van der Waals surface area contributed by atoms with E-state index in [-0.39, 0.29) is 23.8 Å². The van der Waals surface area contributed by atoms with Gasteiger partial charge in [-0.1, -0.05) is 76.4 Å². The highest BCUT2D eigenvalue weighted by molar-refractivity contribution is 7.82. The molecule has 0 atom stereocenters. The highest BCUT2D eigenvalue weighted by Gasteiger charge is 2.28. The molecule has 0 N–H and O–H groups in total. The Morgan fingerprint density at radius 3 is 2.15 bits per heavy atom. The van der Waals surface area contributed by atoms with E-state index in [2.05, 4.69) is 101 Å². The Morgan fingerprint density at radius 2 is 1.52 bits per heavy atom. The van der Waals surface area contributed by atoms with Crippen LogP contribution in [-0.2, 0) is 28.8 Å². The molecule has 54 heavy (non-hydrogen) atoms. The van der Waals surface area contributed by atoms with Crippen molar-refractivity contribution in [2.24, 2.45) is 11.3 Å². The molecule has 296 valence electrons. The van der Waals surface area contributed by atoms with E-state index in [1.54, 1.807) is 6.92 Å². The molecule has 0 spiro atoms. The SMILES string of the molecule is C=C(C)C(=O)OCCCc1cc(-c2cc(CC)c(-c3ccc(C4CCC(CCCCC)CC4)cc3F)cc2CCCS)ccc1OCC(CS)(CS)CS. The summed E-state index contributed by atoms with van der Waals surface area (Å²) in [6.07, 6.45) is 13.9. The molecule has 0 aromatic heterocycles. The van der Waals surface area contributed by atoms with E-state index in [1.807, 2.05) is 18.2 Å². The van der Waals surface area contributed by atoms with E-state index in [4.69, 9.17) is 9.47 Å². The van der Waals surface area contributed by atoms with Gasteiger partial charge in [0.25, 0.3) is 0 Å². The Morgan fingerprint density at radius 1 is 0.815 bits per heavy atom. The minimum Gasteiger partial charge on any atom is -0.493 e. The number of aryl methyl sites for hydroxylation is 3. The summed E-state index contributed by atoms with van der Waals surface area (Å²) in [6, 6.07) is 16.9. The van der Waals surface area contributed by atoms with Crippen LogP contribution in [0, 0.1) is 17.2 Å². The number of rotatable bonds is 22. The summed E-state index contributed by atoms with van der Waals surface area (Å²) in [5.41, 5.74) is 8.46. The average Bonchev–Trinajstić information content (AvgIpc) is 3.19. The normalized spacial score (nSPS) is 16.0. The molecule has 3 nitrogen and oxygen atoms in total. The van der Waals surface area contributed by atoms with Crippen molar-refractivity contribution in [2.45, 2.75) is 110 Å². The van der Waals surface area contributed by atoms with Gasteiger partial charge in [-0.05, 0) is 139 Å². The lowest BCUT2D eigenvalue weighted by Crippen LogP contribution is -2.34.